The Bertz CT molecular complexity index is 646. The SMILES string of the molecule is Cc1ccc(S(=O)(=O)N2CC3(CO[C@@H]3C(=O)O)C2)cc1. The number of carboxylic acids is 1. The number of carboxylic acid groups (broad SMARTS) is 1. The van der Waals surface area contributed by atoms with Crippen LogP contribution in [0.2, 0.25) is 0 Å². The summed E-state index contributed by atoms with van der Waals surface area (Å²) >= 11 is 0. The van der Waals surface area contributed by atoms with Crippen molar-refractivity contribution < 1.29 is 23.1 Å². The fraction of sp³-hybridized carbons (Fsp3) is 0.462. The molecule has 1 N–H and O–H groups in total. The third-order valence-corrected chi connectivity index (χ3v) is 5.77. The molecule has 0 aliphatic carbocycles. The van der Waals surface area contributed by atoms with Gasteiger partial charge in [0.1, 0.15) is 0 Å². The second-order valence-corrected chi connectivity index (χ2v) is 7.42. The molecule has 0 saturated carbocycles. The molecule has 2 saturated heterocycles. The van der Waals surface area contributed by atoms with E-state index in [9.17, 15) is 13.2 Å². The lowest BCUT2D eigenvalue weighted by atomic mass is 9.73. The quantitative estimate of drug-likeness (QED) is 0.876. The minimum atomic E-state index is -3.53. The van der Waals surface area contributed by atoms with Gasteiger partial charge in [-0.25, -0.2) is 13.2 Å². The van der Waals surface area contributed by atoms with Gasteiger partial charge in [0, 0.05) is 13.1 Å². The van der Waals surface area contributed by atoms with Gasteiger partial charge in [0.15, 0.2) is 6.10 Å². The molecule has 2 aliphatic heterocycles. The van der Waals surface area contributed by atoms with Crippen LogP contribution in [0.15, 0.2) is 29.2 Å². The Labute approximate surface area is 117 Å². The lowest BCUT2D eigenvalue weighted by Gasteiger charge is -2.57. The number of aryl methyl sites for hydroxylation is 1. The van der Waals surface area contributed by atoms with E-state index in [1.807, 2.05) is 6.92 Å². The topological polar surface area (TPSA) is 83.9 Å². The third kappa shape index (κ3) is 1.85. The lowest BCUT2D eigenvalue weighted by Crippen LogP contribution is -2.73. The summed E-state index contributed by atoms with van der Waals surface area (Å²) in [7, 11) is -3.53. The summed E-state index contributed by atoms with van der Waals surface area (Å²) in [6.45, 7) is 2.61. The number of sulfonamides is 1. The highest BCUT2D eigenvalue weighted by molar-refractivity contribution is 7.89. The Hall–Kier alpha value is -1.44. The Morgan fingerprint density at radius 2 is 1.95 bits per heavy atom. The number of nitrogens with zero attached hydrogens (tertiary/aromatic N) is 1. The zero-order valence-electron chi connectivity index (χ0n) is 10.9. The van der Waals surface area contributed by atoms with Crippen LogP contribution >= 0.6 is 0 Å². The van der Waals surface area contributed by atoms with Crippen molar-refractivity contribution in [1.29, 1.82) is 0 Å². The summed E-state index contributed by atoms with van der Waals surface area (Å²) in [5, 5.41) is 8.98. The average Bonchev–Trinajstić information content (AvgIpc) is 2.25. The van der Waals surface area contributed by atoms with Gasteiger partial charge in [0.05, 0.1) is 16.9 Å². The number of hydrogen-bond donors (Lipinski definition) is 1. The molecule has 20 heavy (non-hydrogen) atoms. The van der Waals surface area contributed by atoms with Crippen molar-refractivity contribution in [1.82, 2.24) is 4.31 Å². The van der Waals surface area contributed by atoms with Gasteiger partial charge in [-0.1, -0.05) is 17.7 Å². The van der Waals surface area contributed by atoms with Crippen molar-refractivity contribution in [3.05, 3.63) is 29.8 Å². The molecule has 108 valence electrons. The van der Waals surface area contributed by atoms with E-state index in [1.54, 1.807) is 24.3 Å². The van der Waals surface area contributed by atoms with E-state index in [0.29, 0.717) is 6.61 Å². The van der Waals surface area contributed by atoms with Crippen molar-refractivity contribution in [3.8, 4) is 0 Å². The predicted molar refractivity (Wildman–Crippen MR) is 69.7 cm³/mol. The van der Waals surface area contributed by atoms with Gasteiger partial charge in [0.2, 0.25) is 10.0 Å². The molecule has 6 nitrogen and oxygen atoms in total. The molecule has 0 aromatic heterocycles. The van der Waals surface area contributed by atoms with E-state index in [0.717, 1.165) is 5.56 Å². The van der Waals surface area contributed by atoms with Gasteiger partial charge in [-0.05, 0) is 19.1 Å². The van der Waals surface area contributed by atoms with Crippen molar-refractivity contribution in [3.63, 3.8) is 0 Å². The number of rotatable bonds is 3. The normalized spacial score (nSPS) is 24.9. The van der Waals surface area contributed by atoms with E-state index in [4.69, 9.17) is 9.84 Å². The van der Waals surface area contributed by atoms with Crippen molar-refractivity contribution >= 4 is 16.0 Å². The molecule has 0 unspecified atom stereocenters. The second kappa shape index (κ2) is 4.28. The molecule has 0 radical (unpaired) electrons. The van der Waals surface area contributed by atoms with Crippen LogP contribution in [0.4, 0.5) is 0 Å². The molecule has 2 aliphatic rings. The first-order chi connectivity index (χ1) is 9.35. The molecule has 2 fully saturated rings. The number of hydrogen-bond acceptors (Lipinski definition) is 4. The highest BCUT2D eigenvalue weighted by Gasteiger charge is 2.62. The molecular formula is C13H15NO5S. The van der Waals surface area contributed by atoms with E-state index < -0.39 is 27.5 Å². The lowest BCUT2D eigenvalue weighted by molar-refractivity contribution is -0.236. The van der Waals surface area contributed by atoms with Gasteiger partial charge in [-0.15, -0.1) is 0 Å². The fourth-order valence-electron chi connectivity index (χ4n) is 2.68. The molecule has 1 atom stereocenters. The van der Waals surface area contributed by atoms with E-state index in [2.05, 4.69) is 0 Å². The largest absolute Gasteiger partial charge is 0.479 e. The first kappa shape index (κ1) is 13.5. The third-order valence-electron chi connectivity index (χ3n) is 3.96. The van der Waals surface area contributed by atoms with Crippen LogP contribution in [0, 0.1) is 12.3 Å². The zero-order valence-corrected chi connectivity index (χ0v) is 11.8. The van der Waals surface area contributed by atoms with Crippen LogP contribution in [-0.4, -0.2) is 49.6 Å². The summed E-state index contributed by atoms with van der Waals surface area (Å²) < 4.78 is 31.1. The number of carbonyl (C=O) groups is 1. The first-order valence-electron chi connectivity index (χ1n) is 6.26. The Morgan fingerprint density at radius 1 is 1.35 bits per heavy atom. The maximum atomic E-state index is 12.4. The summed E-state index contributed by atoms with van der Waals surface area (Å²) in [4.78, 5) is 11.2. The summed E-state index contributed by atoms with van der Waals surface area (Å²) in [5.74, 6) is -1.02. The predicted octanol–water partition coefficient (Wildman–Crippen LogP) is 0.469. The summed E-state index contributed by atoms with van der Waals surface area (Å²) in [6.07, 6.45) is -0.882. The first-order valence-corrected chi connectivity index (χ1v) is 7.70. The standard InChI is InChI=1S/C13H15NO5S/c1-9-2-4-10(5-3-9)20(17,18)14-6-13(7-14)8-19-11(13)12(15)16/h2-5,11H,6-8H2,1H3,(H,15,16)/t11-/m1/s1. The number of ether oxygens (including phenoxy) is 1. The fourth-order valence-corrected chi connectivity index (χ4v) is 4.31. The minimum Gasteiger partial charge on any atom is -0.479 e. The van der Waals surface area contributed by atoms with Crippen LogP contribution < -0.4 is 0 Å². The maximum absolute atomic E-state index is 12.4. The maximum Gasteiger partial charge on any atom is 0.333 e. The van der Waals surface area contributed by atoms with Gasteiger partial charge < -0.3 is 9.84 Å². The molecule has 0 amide bonds. The number of benzene rings is 1. The number of aliphatic carboxylic acids is 1. The van der Waals surface area contributed by atoms with Crippen LogP contribution in [-0.2, 0) is 19.6 Å². The van der Waals surface area contributed by atoms with Gasteiger partial charge in [-0.2, -0.15) is 4.31 Å². The highest BCUT2D eigenvalue weighted by Crippen LogP contribution is 2.45. The molecule has 1 aromatic rings. The average molecular weight is 297 g/mol. The van der Waals surface area contributed by atoms with Crippen molar-refractivity contribution in [2.75, 3.05) is 19.7 Å². The second-order valence-electron chi connectivity index (χ2n) is 5.48. The Morgan fingerprint density at radius 3 is 2.40 bits per heavy atom. The molecule has 0 bridgehead atoms. The zero-order chi connectivity index (χ0) is 14.5. The van der Waals surface area contributed by atoms with E-state index >= 15 is 0 Å². The minimum absolute atomic E-state index is 0.209. The summed E-state index contributed by atoms with van der Waals surface area (Å²) in [5.41, 5.74) is 0.450. The van der Waals surface area contributed by atoms with Crippen molar-refractivity contribution in [2.24, 2.45) is 5.41 Å². The Kier molecular flexibility index (Phi) is 2.89. The smallest absolute Gasteiger partial charge is 0.333 e. The monoisotopic (exact) mass is 297 g/mol. The van der Waals surface area contributed by atoms with Crippen LogP contribution in [0.25, 0.3) is 0 Å². The highest BCUT2D eigenvalue weighted by atomic mass is 32.2. The Balaban J connectivity index is 1.76. The molecule has 3 rings (SSSR count). The van der Waals surface area contributed by atoms with Crippen LogP contribution in [0.3, 0.4) is 0 Å². The molecule has 2 heterocycles. The van der Waals surface area contributed by atoms with Crippen LogP contribution in [0.5, 0.6) is 0 Å². The van der Waals surface area contributed by atoms with Crippen LogP contribution in [0.1, 0.15) is 5.56 Å². The molecular weight excluding hydrogens is 282 g/mol. The van der Waals surface area contributed by atoms with Crippen molar-refractivity contribution in [2.45, 2.75) is 17.9 Å². The molecule has 1 spiro atoms. The van der Waals surface area contributed by atoms with E-state index in [1.165, 1.54) is 4.31 Å². The van der Waals surface area contributed by atoms with Gasteiger partial charge in [-0.3, -0.25) is 0 Å². The van der Waals surface area contributed by atoms with Gasteiger partial charge in [0.25, 0.3) is 0 Å². The molecule has 1 aromatic carbocycles. The van der Waals surface area contributed by atoms with E-state index in [-0.39, 0.29) is 18.0 Å². The summed E-state index contributed by atoms with van der Waals surface area (Å²) in [6, 6.07) is 6.63. The molecule has 7 heteroatoms. The van der Waals surface area contributed by atoms with Gasteiger partial charge >= 0.3 is 5.97 Å².